The highest BCUT2D eigenvalue weighted by atomic mass is 19.4. The molecule has 28 heavy (non-hydrogen) atoms. The summed E-state index contributed by atoms with van der Waals surface area (Å²) >= 11 is 0. The highest BCUT2D eigenvalue weighted by Gasteiger charge is 2.34. The molecule has 2 aliphatic heterocycles. The molecule has 0 aromatic heterocycles. The van der Waals surface area contributed by atoms with Crippen LogP contribution >= 0.6 is 0 Å². The SMILES string of the molecule is CCNC(=NCCOc1ccc2c(c1)OCO2)NC1CCN(CC(F)(F)F)C1. The lowest BCUT2D eigenvalue weighted by molar-refractivity contribution is -0.143. The summed E-state index contributed by atoms with van der Waals surface area (Å²) in [4.78, 5) is 5.84. The molecule has 3 rings (SSSR count). The first-order valence-corrected chi connectivity index (χ1v) is 9.29. The molecule has 0 radical (unpaired) electrons. The second-order valence-electron chi connectivity index (χ2n) is 6.60. The molecule has 0 bridgehead atoms. The molecule has 2 heterocycles. The summed E-state index contributed by atoms with van der Waals surface area (Å²) < 4.78 is 53.8. The van der Waals surface area contributed by atoms with Gasteiger partial charge < -0.3 is 24.8 Å². The van der Waals surface area contributed by atoms with E-state index in [9.17, 15) is 13.2 Å². The molecular weight excluding hydrogens is 377 g/mol. The third kappa shape index (κ3) is 6.08. The lowest BCUT2D eigenvalue weighted by Crippen LogP contribution is -2.45. The highest BCUT2D eigenvalue weighted by molar-refractivity contribution is 5.80. The van der Waals surface area contributed by atoms with Gasteiger partial charge >= 0.3 is 6.18 Å². The zero-order valence-electron chi connectivity index (χ0n) is 15.7. The Kier molecular flexibility index (Phi) is 6.71. The lowest BCUT2D eigenvalue weighted by Gasteiger charge is -2.19. The maximum absolute atomic E-state index is 12.5. The molecule has 156 valence electrons. The van der Waals surface area contributed by atoms with E-state index in [0.717, 1.165) is 0 Å². The number of nitrogens with one attached hydrogen (secondary N) is 2. The van der Waals surface area contributed by atoms with Crippen LogP contribution in [0.3, 0.4) is 0 Å². The molecule has 1 saturated heterocycles. The summed E-state index contributed by atoms with van der Waals surface area (Å²) in [5.41, 5.74) is 0. The van der Waals surface area contributed by atoms with Gasteiger partial charge in [-0.05, 0) is 25.5 Å². The van der Waals surface area contributed by atoms with E-state index in [0.29, 0.717) is 62.4 Å². The minimum absolute atomic E-state index is 0.0603. The number of halogens is 3. The van der Waals surface area contributed by atoms with Crippen molar-refractivity contribution >= 4 is 5.96 Å². The average Bonchev–Trinajstić information content (AvgIpc) is 3.26. The van der Waals surface area contributed by atoms with Gasteiger partial charge in [0.25, 0.3) is 0 Å². The average molecular weight is 402 g/mol. The Morgan fingerprint density at radius 1 is 1.32 bits per heavy atom. The molecule has 1 fully saturated rings. The van der Waals surface area contributed by atoms with Gasteiger partial charge in [0.1, 0.15) is 12.4 Å². The zero-order valence-corrected chi connectivity index (χ0v) is 15.7. The van der Waals surface area contributed by atoms with Crippen molar-refractivity contribution in [1.82, 2.24) is 15.5 Å². The third-order valence-corrected chi connectivity index (χ3v) is 4.33. The fraction of sp³-hybridized carbons (Fsp3) is 0.611. The molecule has 1 unspecified atom stereocenters. The molecule has 0 aliphatic carbocycles. The predicted octanol–water partition coefficient (Wildman–Crippen LogP) is 1.99. The van der Waals surface area contributed by atoms with Gasteiger partial charge in [0.15, 0.2) is 17.5 Å². The molecule has 1 aromatic rings. The molecule has 10 heteroatoms. The number of ether oxygens (including phenoxy) is 3. The maximum Gasteiger partial charge on any atom is 0.401 e. The van der Waals surface area contributed by atoms with Crippen LogP contribution in [0.1, 0.15) is 13.3 Å². The van der Waals surface area contributed by atoms with Crippen molar-refractivity contribution in [2.75, 3.05) is 46.1 Å². The van der Waals surface area contributed by atoms with Crippen LogP contribution in [0, 0.1) is 0 Å². The van der Waals surface area contributed by atoms with Gasteiger partial charge in [-0.3, -0.25) is 4.90 Å². The summed E-state index contributed by atoms with van der Waals surface area (Å²) in [7, 11) is 0. The monoisotopic (exact) mass is 402 g/mol. The Hall–Kier alpha value is -2.36. The van der Waals surface area contributed by atoms with Crippen molar-refractivity contribution < 1.29 is 27.4 Å². The first-order valence-electron chi connectivity index (χ1n) is 9.29. The molecule has 0 saturated carbocycles. The molecule has 1 aromatic carbocycles. The molecule has 2 N–H and O–H groups in total. The van der Waals surface area contributed by atoms with E-state index < -0.39 is 12.7 Å². The predicted molar refractivity (Wildman–Crippen MR) is 98.1 cm³/mol. The largest absolute Gasteiger partial charge is 0.492 e. The van der Waals surface area contributed by atoms with Crippen molar-refractivity contribution in [3.05, 3.63) is 18.2 Å². The van der Waals surface area contributed by atoms with E-state index in [-0.39, 0.29) is 12.8 Å². The van der Waals surface area contributed by atoms with Crippen LogP contribution in [0.4, 0.5) is 13.2 Å². The van der Waals surface area contributed by atoms with Crippen LogP contribution < -0.4 is 24.8 Å². The fourth-order valence-electron chi connectivity index (χ4n) is 3.15. The number of aliphatic imine (C=N–C) groups is 1. The highest BCUT2D eigenvalue weighted by Crippen LogP contribution is 2.35. The van der Waals surface area contributed by atoms with E-state index in [1.165, 1.54) is 4.90 Å². The van der Waals surface area contributed by atoms with Crippen LogP contribution in [-0.2, 0) is 0 Å². The number of hydrogen-bond donors (Lipinski definition) is 2. The lowest BCUT2D eigenvalue weighted by atomic mass is 10.3. The minimum Gasteiger partial charge on any atom is -0.492 e. The van der Waals surface area contributed by atoms with E-state index >= 15 is 0 Å². The second-order valence-corrected chi connectivity index (χ2v) is 6.60. The Balaban J connectivity index is 1.44. The van der Waals surface area contributed by atoms with Crippen molar-refractivity contribution in [1.29, 1.82) is 0 Å². The summed E-state index contributed by atoms with van der Waals surface area (Å²) in [6, 6.07) is 5.30. The van der Waals surface area contributed by atoms with Crippen LogP contribution in [0.5, 0.6) is 17.2 Å². The standard InChI is InChI=1S/C18H25F3N4O3/c1-2-22-17(24-13-5-7-25(10-13)11-18(19,20)21)23-6-8-26-14-3-4-15-16(9-14)28-12-27-15/h3-4,9,13H,2,5-8,10-12H2,1H3,(H2,22,23,24). The van der Waals surface area contributed by atoms with Gasteiger partial charge in [0.2, 0.25) is 6.79 Å². The zero-order chi connectivity index (χ0) is 20.0. The number of guanidine groups is 1. The number of fused-ring (bicyclic) bond motifs is 1. The van der Waals surface area contributed by atoms with E-state index in [4.69, 9.17) is 14.2 Å². The van der Waals surface area contributed by atoms with E-state index in [1.807, 2.05) is 6.92 Å². The fourth-order valence-corrected chi connectivity index (χ4v) is 3.15. The van der Waals surface area contributed by atoms with Crippen LogP contribution in [0.15, 0.2) is 23.2 Å². The Morgan fingerprint density at radius 2 is 2.14 bits per heavy atom. The number of nitrogens with zero attached hydrogens (tertiary/aromatic N) is 2. The topological polar surface area (TPSA) is 67.4 Å². The van der Waals surface area contributed by atoms with Crippen molar-refractivity contribution in [2.45, 2.75) is 25.6 Å². The number of benzene rings is 1. The quantitative estimate of drug-likeness (QED) is 0.413. The Morgan fingerprint density at radius 3 is 2.93 bits per heavy atom. The van der Waals surface area contributed by atoms with Gasteiger partial charge in [-0.15, -0.1) is 0 Å². The Labute approximate surface area is 161 Å². The van der Waals surface area contributed by atoms with E-state index in [2.05, 4.69) is 15.6 Å². The van der Waals surface area contributed by atoms with Crippen molar-refractivity contribution in [3.8, 4) is 17.2 Å². The molecule has 0 amide bonds. The van der Waals surface area contributed by atoms with Gasteiger partial charge in [-0.25, -0.2) is 4.99 Å². The first-order chi connectivity index (χ1) is 13.4. The molecule has 7 nitrogen and oxygen atoms in total. The number of rotatable bonds is 7. The van der Waals surface area contributed by atoms with Crippen molar-refractivity contribution in [3.63, 3.8) is 0 Å². The normalized spacial score (nSPS) is 19.7. The smallest absolute Gasteiger partial charge is 0.401 e. The summed E-state index contributed by atoms with van der Waals surface area (Å²) in [6.07, 6.45) is -3.52. The molecule has 0 spiro atoms. The minimum atomic E-state index is -4.17. The van der Waals surface area contributed by atoms with E-state index in [1.54, 1.807) is 18.2 Å². The first kappa shape index (κ1) is 20.4. The molecule has 2 aliphatic rings. The third-order valence-electron chi connectivity index (χ3n) is 4.33. The van der Waals surface area contributed by atoms with Gasteiger partial charge in [-0.1, -0.05) is 0 Å². The van der Waals surface area contributed by atoms with Gasteiger partial charge in [0.05, 0.1) is 13.1 Å². The summed E-state index contributed by atoms with van der Waals surface area (Å²) in [5, 5.41) is 6.31. The second kappa shape index (κ2) is 9.22. The summed E-state index contributed by atoms with van der Waals surface area (Å²) in [6.45, 7) is 3.47. The maximum atomic E-state index is 12.5. The number of hydrogen-bond acceptors (Lipinski definition) is 5. The summed E-state index contributed by atoms with van der Waals surface area (Å²) in [5.74, 6) is 2.59. The van der Waals surface area contributed by atoms with Crippen LogP contribution in [-0.4, -0.2) is 69.2 Å². The molecular formula is C18H25F3N4O3. The van der Waals surface area contributed by atoms with Gasteiger partial charge in [-0.2, -0.15) is 13.2 Å². The van der Waals surface area contributed by atoms with Crippen molar-refractivity contribution in [2.24, 2.45) is 4.99 Å². The Bertz CT molecular complexity index is 685. The number of alkyl halides is 3. The molecule has 1 atom stereocenters. The van der Waals surface area contributed by atoms with Gasteiger partial charge in [0, 0.05) is 31.7 Å². The number of likely N-dealkylation sites (tertiary alicyclic amines) is 1. The van der Waals surface area contributed by atoms with Crippen LogP contribution in [0.25, 0.3) is 0 Å². The van der Waals surface area contributed by atoms with Crippen LogP contribution in [0.2, 0.25) is 0 Å².